The summed E-state index contributed by atoms with van der Waals surface area (Å²) >= 11 is 0. The first-order valence-electron chi connectivity index (χ1n) is 10.7. The van der Waals surface area contributed by atoms with Crippen LogP contribution in [0.4, 0.5) is 11.5 Å². The van der Waals surface area contributed by atoms with Gasteiger partial charge >= 0.3 is 0 Å². The molecule has 0 aliphatic carbocycles. The summed E-state index contributed by atoms with van der Waals surface area (Å²) in [5.41, 5.74) is 4.30. The molecule has 0 radical (unpaired) electrons. The lowest BCUT2D eigenvalue weighted by atomic mass is 9.81. The maximum Gasteiger partial charge on any atom is 0.157 e. The van der Waals surface area contributed by atoms with Gasteiger partial charge in [0.15, 0.2) is 5.82 Å². The van der Waals surface area contributed by atoms with Crippen molar-refractivity contribution in [3.8, 4) is 17.0 Å². The minimum atomic E-state index is 0.167. The summed E-state index contributed by atoms with van der Waals surface area (Å²) in [6.07, 6.45) is 3.12. The monoisotopic (exact) mass is 414 g/mol. The topological polar surface area (TPSA) is 59.1 Å². The van der Waals surface area contributed by atoms with E-state index in [0.29, 0.717) is 6.04 Å². The Morgan fingerprint density at radius 2 is 1.74 bits per heavy atom. The van der Waals surface area contributed by atoms with Gasteiger partial charge in [0, 0.05) is 29.9 Å². The Labute approximate surface area is 184 Å². The van der Waals surface area contributed by atoms with E-state index in [9.17, 15) is 0 Å². The molecule has 2 N–H and O–H groups in total. The average Bonchev–Trinajstić information content (AvgIpc) is 2.79. The molecule has 1 aliphatic rings. The van der Waals surface area contributed by atoms with E-state index >= 15 is 0 Å². The average molecular weight is 415 g/mol. The second-order valence-corrected chi connectivity index (χ2v) is 8.94. The normalized spacial score (nSPS) is 16.5. The van der Waals surface area contributed by atoms with E-state index in [-0.39, 0.29) is 5.41 Å². The Morgan fingerprint density at radius 3 is 2.42 bits per heavy atom. The van der Waals surface area contributed by atoms with Crippen LogP contribution in [0.15, 0.2) is 66.7 Å². The van der Waals surface area contributed by atoms with Gasteiger partial charge in [0.2, 0.25) is 0 Å². The molecule has 0 saturated carbocycles. The molecule has 3 aromatic rings. The van der Waals surface area contributed by atoms with Crippen LogP contribution < -0.4 is 15.4 Å². The summed E-state index contributed by atoms with van der Waals surface area (Å²) < 4.78 is 5.27. The molecule has 2 aromatic carbocycles. The molecule has 0 bridgehead atoms. The Kier molecular flexibility index (Phi) is 6.05. The summed E-state index contributed by atoms with van der Waals surface area (Å²) in [6, 6.07) is 20.5. The lowest BCUT2D eigenvalue weighted by molar-refractivity contribution is 0.274. The van der Waals surface area contributed by atoms with Crippen LogP contribution in [0.25, 0.3) is 16.8 Å². The molecule has 31 heavy (non-hydrogen) atoms. The smallest absolute Gasteiger partial charge is 0.157 e. The minimum absolute atomic E-state index is 0.167. The van der Waals surface area contributed by atoms with Crippen LogP contribution in [0.5, 0.6) is 5.75 Å². The first-order chi connectivity index (χ1) is 14.9. The van der Waals surface area contributed by atoms with Crippen molar-refractivity contribution in [2.24, 2.45) is 5.41 Å². The highest BCUT2D eigenvalue weighted by atomic mass is 16.5. The van der Waals surface area contributed by atoms with E-state index in [1.165, 1.54) is 5.57 Å². The van der Waals surface area contributed by atoms with Crippen LogP contribution in [-0.2, 0) is 0 Å². The number of hydrogen-bond acceptors (Lipinski definition) is 5. The highest BCUT2D eigenvalue weighted by Gasteiger charge is 2.28. The second-order valence-electron chi connectivity index (χ2n) is 8.94. The molecule has 0 fully saturated rings. The molecule has 5 nitrogen and oxygen atoms in total. The summed E-state index contributed by atoms with van der Waals surface area (Å²) in [5, 5.41) is 7.05. The van der Waals surface area contributed by atoms with Gasteiger partial charge in [-0.15, -0.1) is 0 Å². The minimum Gasteiger partial charge on any atom is -0.497 e. The van der Waals surface area contributed by atoms with E-state index in [0.717, 1.165) is 47.3 Å². The van der Waals surface area contributed by atoms with Crippen LogP contribution in [0.1, 0.15) is 33.0 Å². The molecule has 0 spiro atoms. The number of rotatable bonds is 5. The van der Waals surface area contributed by atoms with Gasteiger partial charge in [-0.1, -0.05) is 57.2 Å². The number of hydrogen-bond donors (Lipinski definition) is 2. The fraction of sp³-hybridized carbons (Fsp3) is 0.308. The molecule has 1 unspecified atom stereocenters. The van der Waals surface area contributed by atoms with Crippen molar-refractivity contribution < 1.29 is 4.74 Å². The molecular weight excluding hydrogens is 384 g/mol. The largest absolute Gasteiger partial charge is 0.497 e. The predicted octanol–water partition coefficient (Wildman–Crippen LogP) is 5.69. The quantitative estimate of drug-likeness (QED) is 0.562. The molecule has 2 heterocycles. The summed E-state index contributed by atoms with van der Waals surface area (Å²) in [4.78, 5) is 9.83. The number of aromatic nitrogens is 2. The summed E-state index contributed by atoms with van der Waals surface area (Å²) in [7, 11) is 1.67. The molecule has 1 atom stereocenters. The molecule has 1 aromatic heterocycles. The molecule has 160 valence electrons. The lowest BCUT2D eigenvalue weighted by Crippen LogP contribution is -2.42. The van der Waals surface area contributed by atoms with Crippen LogP contribution in [0.2, 0.25) is 0 Å². The number of nitrogens with one attached hydrogen (secondary N) is 2. The van der Waals surface area contributed by atoms with Gasteiger partial charge in [-0.2, -0.15) is 0 Å². The highest BCUT2D eigenvalue weighted by Crippen LogP contribution is 2.32. The molecule has 1 aliphatic heterocycles. The fourth-order valence-corrected chi connectivity index (χ4v) is 3.73. The summed E-state index contributed by atoms with van der Waals surface area (Å²) in [6.45, 7) is 7.64. The highest BCUT2D eigenvalue weighted by molar-refractivity contribution is 5.70. The Morgan fingerprint density at radius 1 is 1.00 bits per heavy atom. The standard InChI is InChI=1S/C26H30N4O/c1-26(2,3)23-16-19(14-15-27-23)25-29-22(18-8-6-5-7-9-18)17-24(30-25)28-20-10-12-21(31-4)13-11-20/h5-14,17,23,27H,15-16H2,1-4H3,(H,28,29,30). The van der Waals surface area contributed by atoms with Crippen molar-refractivity contribution in [2.45, 2.75) is 33.2 Å². The SMILES string of the molecule is COc1ccc(Nc2cc(-c3ccccc3)nc(C3=CCNC(C(C)(C)C)C3)n2)cc1. The van der Waals surface area contributed by atoms with E-state index < -0.39 is 0 Å². The number of methoxy groups -OCH3 is 1. The van der Waals surface area contributed by atoms with Gasteiger partial charge in [0.1, 0.15) is 11.6 Å². The van der Waals surface area contributed by atoms with Gasteiger partial charge in [-0.05, 0) is 41.7 Å². The first-order valence-corrected chi connectivity index (χ1v) is 10.7. The van der Waals surface area contributed by atoms with E-state index in [4.69, 9.17) is 14.7 Å². The third kappa shape index (κ3) is 5.12. The number of anilines is 2. The van der Waals surface area contributed by atoms with E-state index in [1.54, 1.807) is 7.11 Å². The summed E-state index contributed by atoms with van der Waals surface area (Å²) in [5.74, 6) is 2.39. The maximum absolute atomic E-state index is 5.27. The first kappa shape index (κ1) is 21.1. The van der Waals surface area contributed by atoms with Crippen LogP contribution in [0, 0.1) is 5.41 Å². The Balaban J connectivity index is 1.70. The molecule has 5 heteroatoms. The van der Waals surface area contributed by atoms with Crippen molar-refractivity contribution in [1.29, 1.82) is 0 Å². The van der Waals surface area contributed by atoms with Gasteiger partial charge in [-0.3, -0.25) is 0 Å². The number of benzene rings is 2. The van der Waals surface area contributed by atoms with Crippen LogP contribution in [-0.4, -0.2) is 29.7 Å². The molecule has 0 saturated heterocycles. The van der Waals surface area contributed by atoms with Crippen molar-refractivity contribution in [3.63, 3.8) is 0 Å². The fourth-order valence-electron chi connectivity index (χ4n) is 3.73. The molecule has 0 amide bonds. The van der Waals surface area contributed by atoms with Crippen molar-refractivity contribution in [3.05, 3.63) is 72.6 Å². The third-order valence-electron chi connectivity index (χ3n) is 5.63. The predicted molar refractivity (Wildman–Crippen MR) is 128 cm³/mol. The van der Waals surface area contributed by atoms with Gasteiger partial charge < -0.3 is 15.4 Å². The maximum atomic E-state index is 5.27. The second kappa shape index (κ2) is 8.90. The van der Waals surface area contributed by atoms with E-state index in [1.807, 2.05) is 48.5 Å². The number of ether oxygens (including phenoxy) is 1. The zero-order chi connectivity index (χ0) is 21.8. The Bertz CT molecular complexity index is 1050. The van der Waals surface area contributed by atoms with E-state index in [2.05, 4.69) is 49.6 Å². The van der Waals surface area contributed by atoms with Crippen molar-refractivity contribution >= 4 is 17.1 Å². The molecule has 4 rings (SSSR count). The van der Waals surface area contributed by atoms with Crippen LogP contribution >= 0.6 is 0 Å². The zero-order valence-electron chi connectivity index (χ0n) is 18.6. The van der Waals surface area contributed by atoms with Gasteiger partial charge in [-0.25, -0.2) is 9.97 Å². The number of nitrogens with zero attached hydrogens (tertiary/aromatic N) is 2. The van der Waals surface area contributed by atoms with Gasteiger partial charge in [0.25, 0.3) is 0 Å². The lowest BCUT2D eigenvalue weighted by Gasteiger charge is -2.34. The van der Waals surface area contributed by atoms with Gasteiger partial charge in [0.05, 0.1) is 12.8 Å². The zero-order valence-corrected chi connectivity index (χ0v) is 18.6. The van der Waals surface area contributed by atoms with Crippen LogP contribution in [0.3, 0.4) is 0 Å². The third-order valence-corrected chi connectivity index (χ3v) is 5.63. The Hall–Kier alpha value is -3.18. The van der Waals surface area contributed by atoms with Crippen molar-refractivity contribution in [1.82, 2.24) is 15.3 Å². The molecular formula is C26H30N4O. The van der Waals surface area contributed by atoms with Crippen molar-refractivity contribution in [2.75, 3.05) is 19.0 Å².